The molecule has 1 amide bonds. The molecular weight excluding hydrogens is 282 g/mol. The number of halogens is 1. The molecule has 1 aliphatic rings. The lowest BCUT2D eigenvalue weighted by Crippen LogP contribution is -2.25. The summed E-state index contributed by atoms with van der Waals surface area (Å²) in [6.07, 6.45) is 5.96. The number of hydrogen-bond donors (Lipinski definition) is 1. The fourth-order valence-electron chi connectivity index (χ4n) is 1.75. The number of amides is 1. The average molecular weight is 294 g/mol. The van der Waals surface area contributed by atoms with Gasteiger partial charge < -0.3 is 5.32 Å². The minimum Gasteiger partial charge on any atom is -0.352 e. The van der Waals surface area contributed by atoms with Crippen LogP contribution in [0, 0.1) is 5.92 Å². The maximum Gasteiger partial charge on any atom is 0.252 e. The van der Waals surface area contributed by atoms with Gasteiger partial charge in [0.1, 0.15) is 0 Å². The molecule has 0 radical (unpaired) electrons. The highest BCUT2D eigenvalue weighted by Crippen LogP contribution is 2.27. The zero-order valence-electron chi connectivity index (χ0n) is 9.19. The maximum atomic E-state index is 11.9. The molecule has 1 aliphatic carbocycles. The van der Waals surface area contributed by atoms with Crippen LogP contribution in [-0.2, 0) is 0 Å². The Balaban J connectivity index is 1.81. The Morgan fingerprint density at radius 1 is 1.53 bits per heavy atom. The molecule has 2 aromatic heterocycles. The lowest BCUT2D eigenvalue weighted by atomic mass is 10.2. The second-order valence-corrected chi connectivity index (χ2v) is 5.25. The van der Waals surface area contributed by atoms with Crippen LogP contribution in [0.25, 0.3) is 5.52 Å². The summed E-state index contributed by atoms with van der Waals surface area (Å²) < 4.78 is 2.64. The Hall–Kier alpha value is -1.36. The van der Waals surface area contributed by atoms with E-state index in [1.807, 2.05) is 12.1 Å². The fourth-order valence-corrected chi connectivity index (χ4v) is 2.15. The summed E-state index contributed by atoms with van der Waals surface area (Å²) in [7, 11) is 0. The highest BCUT2D eigenvalue weighted by Gasteiger charge is 2.21. The molecule has 0 aromatic carbocycles. The molecule has 1 N–H and O–H groups in total. The van der Waals surface area contributed by atoms with Crippen molar-refractivity contribution in [3.8, 4) is 0 Å². The molecule has 0 aliphatic heterocycles. The van der Waals surface area contributed by atoms with E-state index in [1.165, 1.54) is 12.8 Å². The molecule has 3 rings (SSSR count). The van der Waals surface area contributed by atoms with Crippen molar-refractivity contribution in [1.82, 2.24) is 14.9 Å². The molecule has 2 aromatic rings. The van der Waals surface area contributed by atoms with Gasteiger partial charge in [-0.1, -0.05) is 0 Å². The molecule has 0 saturated heterocycles. The van der Waals surface area contributed by atoms with Crippen LogP contribution in [0.5, 0.6) is 0 Å². The van der Waals surface area contributed by atoms with Gasteiger partial charge >= 0.3 is 0 Å². The second kappa shape index (κ2) is 4.14. The minimum absolute atomic E-state index is 0.0228. The van der Waals surface area contributed by atoms with Crippen LogP contribution in [0.15, 0.2) is 29.0 Å². The van der Waals surface area contributed by atoms with Gasteiger partial charge in [0.2, 0.25) is 0 Å². The van der Waals surface area contributed by atoms with Crippen molar-refractivity contribution in [1.29, 1.82) is 0 Å². The molecule has 4 nitrogen and oxygen atoms in total. The van der Waals surface area contributed by atoms with E-state index in [9.17, 15) is 4.79 Å². The summed E-state index contributed by atoms with van der Waals surface area (Å²) in [5.74, 6) is 0.673. The van der Waals surface area contributed by atoms with Crippen LogP contribution in [0.4, 0.5) is 0 Å². The molecule has 0 unspecified atom stereocenters. The fraction of sp³-hybridized carbons (Fsp3) is 0.333. The van der Waals surface area contributed by atoms with E-state index in [4.69, 9.17) is 0 Å². The lowest BCUT2D eigenvalue weighted by Gasteiger charge is -2.04. The van der Waals surface area contributed by atoms with E-state index in [0.29, 0.717) is 11.5 Å². The molecule has 1 saturated carbocycles. The van der Waals surface area contributed by atoms with E-state index in [2.05, 4.69) is 26.3 Å². The molecule has 2 heterocycles. The number of carbonyl (C=O) groups is 1. The Morgan fingerprint density at radius 3 is 3.12 bits per heavy atom. The Bertz CT molecular complexity index is 574. The Kier molecular flexibility index (Phi) is 2.63. The van der Waals surface area contributed by atoms with Crippen LogP contribution in [-0.4, -0.2) is 22.1 Å². The van der Waals surface area contributed by atoms with Crippen LogP contribution >= 0.6 is 15.9 Å². The normalized spacial score (nSPS) is 15.1. The standard InChI is InChI=1S/C12H12BrN3O/c13-10-6-15-16-7-9(3-4-11(10)16)12(17)14-5-8-1-2-8/h3-4,6-8H,1-2,5H2,(H,14,17). The first kappa shape index (κ1) is 10.8. The van der Waals surface area contributed by atoms with Gasteiger partial charge in [0, 0.05) is 12.7 Å². The number of hydrogen-bond acceptors (Lipinski definition) is 2. The molecule has 0 atom stereocenters. The van der Waals surface area contributed by atoms with Crippen molar-refractivity contribution >= 4 is 27.4 Å². The van der Waals surface area contributed by atoms with Gasteiger partial charge in [-0.3, -0.25) is 4.79 Å². The van der Waals surface area contributed by atoms with Crippen LogP contribution in [0.3, 0.4) is 0 Å². The first-order chi connectivity index (χ1) is 8.24. The van der Waals surface area contributed by atoms with Crippen molar-refractivity contribution in [3.05, 3.63) is 34.6 Å². The summed E-state index contributed by atoms with van der Waals surface area (Å²) in [5.41, 5.74) is 1.61. The van der Waals surface area contributed by atoms with Crippen molar-refractivity contribution in [2.24, 2.45) is 5.92 Å². The third-order valence-corrected chi connectivity index (χ3v) is 3.59. The zero-order valence-corrected chi connectivity index (χ0v) is 10.8. The quantitative estimate of drug-likeness (QED) is 0.943. The summed E-state index contributed by atoms with van der Waals surface area (Å²) in [5, 5.41) is 7.10. The third kappa shape index (κ3) is 2.20. The second-order valence-electron chi connectivity index (χ2n) is 4.39. The first-order valence-electron chi connectivity index (χ1n) is 5.65. The van der Waals surface area contributed by atoms with Crippen molar-refractivity contribution in [3.63, 3.8) is 0 Å². The average Bonchev–Trinajstić information content (AvgIpc) is 3.10. The van der Waals surface area contributed by atoms with Crippen LogP contribution < -0.4 is 5.32 Å². The largest absolute Gasteiger partial charge is 0.352 e. The van der Waals surface area contributed by atoms with E-state index < -0.39 is 0 Å². The van der Waals surface area contributed by atoms with Gasteiger partial charge in [-0.2, -0.15) is 5.10 Å². The highest BCUT2D eigenvalue weighted by atomic mass is 79.9. The summed E-state index contributed by atoms with van der Waals surface area (Å²) in [4.78, 5) is 11.9. The molecule has 1 fully saturated rings. The smallest absolute Gasteiger partial charge is 0.252 e. The van der Waals surface area contributed by atoms with Crippen molar-refractivity contribution in [2.75, 3.05) is 6.54 Å². The van der Waals surface area contributed by atoms with E-state index in [-0.39, 0.29) is 5.91 Å². The number of fused-ring (bicyclic) bond motifs is 1. The number of aromatic nitrogens is 2. The topological polar surface area (TPSA) is 46.4 Å². The maximum absolute atomic E-state index is 11.9. The number of nitrogens with one attached hydrogen (secondary N) is 1. The van der Waals surface area contributed by atoms with Gasteiger partial charge in [0.25, 0.3) is 5.91 Å². The van der Waals surface area contributed by atoms with E-state index in [1.54, 1.807) is 16.9 Å². The third-order valence-electron chi connectivity index (χ3n) is 2.98. The predicted molar refractivity (Wildman–Crippen MR) is 67.9 cm³/mol. The minimum atomic E-state index is -0.0228. The molecule has 5 heteroatoms. The van der Waals surface area contributed by atoms with Crippen molar-refractivity contribution < 1.29 is 4.79 Å². The van der Waals surface area contributed by atoms with Gasteiger partial charge in [-0.05, 0) is 46.8 Å². The number of carbonyl (C=O) groups excluding carboxylic acids is 1. The zero-order chi connectivity index (χ0) is 11.8. The van der Waals surface area contributed by atoms with E-state index in [0.717, 1.165) is 16.5 Å². The van der Waals surface area contributed by atoms with Crippen molar-refractivity contribution in [2.45, 2.75) is 12.8 Å². The highest BCUT2D eigenvalue weighted by molar-refractivity contribution is 9.10. The van der Waals surface area contributed by atoms with Crippen LogP contribution in [0.2, 0.25) is 0 Å². The van der Waals surface area contributed by atoms with Gasteiger partial charge in [-0.25, -0.2) is 4.52 Å². The number of nitrogens with zero attached hydrogens (tertiary/aromatic N) is 2. The Morgan fingerprint density at radius 2 is 2.35 bits per heavy atom. The van der Waals surface area contributed by atoms with Gasteiger partial charge in [0.05, 0.1) is 21.7 Å². The number of pyridine rings is 1. The van der Waals surface area contributed by atoms with Gasteiger partial charge in [-0.15, -0.1) is 0 Å². The van der Waals surface area contributed by atoms with E-state index >= 15 is 0 Å². The Labute approximate surface area is 107 Å². The predicted octanol–water partition coefficient (Wildman–Crippen LogP) is 2.24. The number of rotatable bonds is 3. The SMILES string of the molecule is O=C(NCC1CC1)c1ccc2c(Br)cnn2c1. The summed E-state index contributed by atoms with van der Waals surface area (Å²) in [6, 6.07) is 3.72. The van der Waals surface area contributed by atoms with Gasteiger partial charge in [0.15, 0.2) is 0 Å². The molecule has 88 valence electrons. The monoisotopic (exact) mass is 293 g/mol. The molecule has 17 heavy (non-hydrogen) atoms. The lowest BCUT2D eigenvalue weighted by molar-refractivity contribution is 0.0951. The summed E-state index contributed by atoms with van der Waals surface area (Å²) in [6.45, 7) is 0.791. The van der Waals surface area contributed by atoms with Crippen LogP contribution in [0.1, 0.15) is 23.2 Å². The molecular formula is C12H12BrN3O. The summed E-state index contributed by atoms with van der Waals surface area (Å²) >= 11 is 3.40. The molecule has 0 spiro atoms. The first-order valence-corrected chi connectivity index (χ1v) is 6.44. The molecule has 0 bridgehead atoms.